The van der Waals surface area contributed by atoms with Gasteiger partial charge in [-0.1, -0.05) is 62.2 Å². The van der Waals surface area contributed by atoms with Crippen LogP contribution in [0.4, 0.5) is 4.79 Å². The lowest BCUT2D eigenvalue weighted by molar-refractivity contribution is -0.129. The van der Waals surface area contributed by atoms with Crippen molar-refractivity contribution < 1.29 is 19.1 Å². The van der Waals surface area contributed by atoms with Crippen molar-refractivity contribution in [3.05, 3.63) is 47.0 Å². The zero-order valence-electron chi connectivity index (χ0n) is 27.5. The Kier molecular flexibility index (Phi) is 8.23. The predicted molar refractivity (Wildman–Crippen MR) is 172 cm³/mol. The lowest BCUT2D eigenvalue weighted by atomic mass is 9.52. The lowest BCUT2D eigenvalue weighted by Crippen LogP contribution is -2.53. The van der Waals surface area contributed by atoms with Gasteiger partial charge in [-0.3, -0.25) is 9.69 Å². The first-order chi connectivity index (χ1) is 21.2. The van der Waals surface area contributed by atoms with E-state index in [0.29, 0.717) is 54.1 Å². The number of ether oxygens (including phenoxy) is 2. The summed E-state index contributed by atoms with van der Waals surface area (Å²) in [5.41, 5.74) is 4.64. The number of ketones is 1. The summed E-state index contributed by atoms with van der Waals surface area (Å²) >= 11 is 0. The molecule has 6 aliphatic rings. The third-order valence-electron chi connectivity index (χ3n) is 13.5. The summed E-state index contributed by atoms with van der Waals surface area (Å²) in [6.07, 6.45) is 11.1. The van der Waals surface area contributed by atoms with Crippen LogP contribution in [0.2, 0.25) is 0 Å². The van der Waals surface area contributed by atoms with Crippen molar-refractivity contribution in [2.45, 2.75) is 116 Å². The zero-order valence-corrected chi connectivity index (χ0v) is 27.5. The summed E-state index contributed by atoms with van der Waals surface area (Å²) < 4.78 is 12.7. The molecule has 7 rings (SSSR count). The average molecular weight is 603 g/mol. The minimum atomic E-state index is -0.346. The van der Waals surface area contributed by atoms with E-state index in [2.05, 4.69) is 37.9 Å². The minimum absolute atomic E-state index is 0.0883. The summed E-state index contributed by atoms with van der Waals surface area (Å²) in [4.78, 5) is 27.4. The second-order valence-electron chi connectivity index (χ2n) is 15.9. The van der Waals surface area contributed by atoms with Gasteiger partial charge < -0.3 is 14.8 Å². The summed E-state index contributed by atoms with van der Waals surface area (Å²) in [6.45, 7) is 12.5. The smallest absolute Gasteiger partial charge is 0.407 e. The molecule has 1 spiro atoms. The molecule has 4 aliphatic carbocycles. The minimum Gasteiger partial charge on any atom is -0.445 e. The first-order valence-corrected chi connectivity index (χ1v) is 17.7. The first-order valence-electron chi connectivity index (χ1n) is 17.7. The standard InChI is InChI=1S/C38H54N2O4/c1-24-18-34-35(40(22-24)17-16-39-36(42)43-23-27-8-6-5-7-9-27)26(3)38(44-34)15-13-30-31-11-10-28-19-29(41)12-14-37(28,4)33(31)20-32(30)25(2)21-38/h5-9,24,26,28,30-31,33-35H,10-23H2,1-4H3,(H,39,42)/t24-,26+,28+,30-,31-,33?,34+,35-,37-,38-/m0/s1. The van der Waals surface area contributed by atoms with Gasteiger partial charge in [0.1, 0.15) is 12.4 Å². The van der Waals surface area contributed by atoms with E-state index in [1.807, 2.05) is 30.3 Å². The van der Waals surface area contributed by atoms with E-state index in [9.17, 15) is 9.59 Å². The molecule has 0 bridgehead atoms. The fourth-order valence-corrected chi connectivity index (χ4v) is 11.3. The average Bonchev–Trinajstić information content (AvgIpc) is 3.47. The fourth-order valence-electron chi connectivity index (χ4n) is 11.3. The summed E-state index contributed by atoms with van der Waals surface area (Å²) in [7, 11) is 0. The molecule has 1 aromatic carbocycles. The maximum atomic E-state index is 12.4. The van der Waals surface area contributed by atoms with Crippen LogP contribution in [0.5, 0.6) is 0 Å². The molecule has 10 atom stereocenters. The Morgan fingerprint density at radius 1 is 1.11 bits per heavy atom. The van der Waals surface area contributed by atoms with Gasteiger partial charge in [-0.05, 0) is 98.9 Å². The summed E-state index contributed by atoms with van der Waals surface area (Å²) in [5.74, 6) is 4.38. The summed E-state index contributed by atoms with van der Waals surface area (Å²) in [6, 6.07) is 10.2. The van der Waals surface area contributed by atoms with Crippen LogP contribution in [0.3, 0.4) is 0 Å². The quantitative estimate of drug-likeness (QED) is 0.358. The van der Waals surface area contributed by atoms with Gasteiger partial charge in [0.2, 0.25) is 0 Å². The number of nitrogens with zero attached hydrogens (tertiary/aromatic N) is 1. The Morgan fingerprint density at radius 2 is 1.93 bits per heavy atom. The van der Waals surface area contributed by atoms with E-state index in [4.69, 9.17) is 9.47 Å². The molecule has 5 fully saturated rings. The first kappa shape index (κ1) is 30.5. The van der Waals surface area contributed by atoms with Crippen molar-refractivity contribution >= 4 is 11.9 Å². The number of piperidine rings is 1. The van der Waals surface area contributed by atoms with Gasteiger partial charge in [-0.25, -0.2) is 4.79 Å². The monoisotopic (exact) mass is 602 g/mol. The highest BCUT2D eigenvalue weighted by molar-refractivity contribution is 5.79. The fraction of sp³-hybridized carbons (Fsp3) is 0.737. The molecular weight excluding hydrogens is 548 g/mol. The summed E-state index contributed by atoms with van der Waals surface area (Å²) in [5, 5.41) is 3.01. The normalized spacial score (nSPS) is 41.9. The molecule has 0 radical (unpaired) electrons. The highest BCUT2D eigenvalue weighted by atomic mass is 16.5. The van der Waals surface area contributed by atoms with Gasteiger partial charge in [0.05, 0.1) is 11.7 Å². The van der Waals surface area contributed by atoms with Crippen molar-refractivity contribution in [1.82, 2.24) is 10.2 Å². The van der Waals surface area contributed by atoms with Gasteiger partial charge in [-0.2, -0.15) is 0 Å². The number of rotatable bonds is 5. The van der Waals surface area contributed by atoms with E-state index in [1.54, 1.807) is 11.1 Å². The topological polar surface area (TPSA) is 67.9 Å². The van der Waals surface area contributed by atoms with Gasteiger partial charge in [-0.15, -0.1) is 0 Å². The number of carbonyl (C=O) groups excluding carboxylic acids is 2. The number of alkyl carbamates (subject to hydrolysis) is 1. The molecule has 0 aromatic heterocycles. The molecule has 6 heteroatoms. The van der Waals surface area contributed by atoms with Gasteiger partial charge in [0, 0.05) is 44.4 Å². The largest absolute Gasteiger partial charge is 0.445 e. The second kappa shape index (κ2) is 11.9. The molecule has 2 heterocycles. The predicted octanol–water partition coefficient (Wildman–Crippen LogP) is 7.32. The van der Waals surface area contributed by atoms with E-state index < -0.39 is 0 Å². The molecule has 3 saturated carbocycles. The maximum Gasteiger partial charge on any atom is 0.407 e. The van der Waals surface area contributed by atoms with Crippen molar-refractivity contribution in [3.63, 3.8) is 0 Å². The third-order valence-corrected chi connectivity index (χ3v) is 13.5. The van der Waals surface area contributed by atoms with Crippen molar-refractivity contribution in [3.8, 4) is 0 Å². The number of hydrogen-bond acceptors (Lipinski definition) is 5. The van der Waals surface area contributed by atoms with Crippen LogP contribution in [-0.2, 0) is 20.9 Å². The second-order valence-corrected chi connectivity index (χ2v) is 15.9. The van der Waals surface area contributed by atoms with Gasteiger partial charge >= 0.3 is 6.09 Å². The lowest BCUT2D eigenvalue weighted by Gasteiger charge is -2.52. The molecule has 44 heavy (non-hydrogen) atoms. The van der Waals surface area contributed by atoms with E-state index in [-0.39, 0.29) is 17.8 Å². The Morgan fingerprint density at radius 3 is 2.75 bits per heavy atom. The number of amides is 1. The number of nitrogens with one attached hydrogen (secondary N) is 1. The zero-order chi connectivity index (χ0) is 30.6. The number of hydrogen-bond donors (Lipinski definition) is 1. The SMILES string of the molecule is CC1=C2CC3[C@@H](CC[C@@H]4CC(=O)CC[C@]34C)[C@@H]2CC[C@@]2(C1)O[C@@H]1C[C@H](C)CN(CCNC(=O)OCc3ccccc3)[C@H]1[C@H]2C. The molecule has 6 nitrogen and oxygen atoms in total. The van der Waals surface area contributed by atoms with Crippen LogP contribution in [-0.4, -0.2) is 54.2 Å². The number of likely N-dealkylation sites (tertiary alicyclic amines) is 1. The van der Waals surface area contributed by atoms with Crippen molar-refractivity contribution in [2.24, 2.45) is 40.9 Å². The Bertz CT molecular complexity index is 1280. The van der Waals surface area contributed by atoms with Crippen LogP contribution in [0.1, 0.15) is 97.5 Å². The molecule has 2 saturated heterocycles. The van der Waals surface area contributed by atoms with E-state index in [0.717, 1.165) is 69.0 Å². The molecule has 1 unspecified atom stereocenters. The Balaban J connectivity index is 1.02. The van der Waals surface area contributed by atoms with Crippen LogP contribution in [0.25, 0.3) is 0 Å². The molecule has 2 aliphatic heterocycles. The molecule has 1 aromatic rings. The van der Waals surface area contributed by atoms with Crippen LogP contribution >= 0.6 is 0 Å². The Hall–Kier alpha value is -2.18. The van der Waals surface area contributed by atoms with E-state index >= 15 is 0 Å². The number of carbonyl (C=O) groups is 2. The van der Waals surface area contributed by atoms with Crippen LogP contribution < -0.4 is 5.32 Å². The molecule has 240 valence electrons. The van der Waals surface area contributed by atoms with Gasteiger partial charge in [0.15, 0.2) is 0 Å². The highest BCUT2D eigenvalue weighted by Crippen LogP contribution is 2.65. The number of Topliss-reactive ketones (excluding diaryl/α,β-unsaturated/α-hetero) is 1. The van der Waals surface area contributed by atoms with Crippen LogP contribution in [0, 0.1) is 40.9 Å². The van der Waals surface area contributed by atoms with Crippen molar-refractivity contribution in [2.75, 3.05) is 19.6 Å². The third kappa shape index (κ3) is 5.36. The number of allylic oxidation sites excluding steroid dienone is 1. The Labute approximate surface area is 264 Å². The molecular formula is C38H54N2O4. The highest BCUT2D eigenvalue weighted by Gasteiger charge is 2.60. The van der Waals surface area contributed by atoms with Gasteiger partial charge in [0.25, 0.3) is 0 Å². The molecule has 1 N–H and O–H groups in total. The number of benzene rings is 1. The van der Waals surface area contributed by atoms with Crippen molar-refractivity contribution in [1.29, 1.82) is 0 Å². The molecule has 1 amide bonds. The number of fused-ring (bicyclic) bond motifs is 6. The van der Waals surface area contributed by atoms with E-state index in [1.165, 1.54) is 25.7 Å². The van der Waals surface area contributed by atoms with Crippen LogP contribution in [0.15, 0.2) is 41.5 Å². The maximum absolute atomic E-state index is 12.4.